The first-order valence-electron chi connectivity index (χ1n) is 9.58. The smallest absolute Gasteiger partial charge is 0.345 e. The Morgan fingerprint density at radius 2 is 1.69 bits per heavy atom. The van der Waals surface area contributed by atoms with E-state index in [1.807, 2.05) is 36.4 Å². The number of anilines is 3. The number of aromatic nitrogens is 3. The van der Waals surface area contributed by atoms with Crippen molar-refractivity contribution in [3.8, 4) is 17.0 Å². The van der Waals surface area contributed by atoms with Crippen LogP contribution in [0.1, 0.15) is 10.4 Å². The van der Waals surface area contributed by atoms with Crippen molar-refractivity contribution >= 4 is 40.5 Å². The molecule has 2 aromatic carbocycles. The predicted molar refractivity (Wildman–Crippen MR) is 127 cm³/mol. The quantitative estimate of drug-likeness (QED) is 0.238. The Morgan fingerprint density at radius 1 is 0.906 bits per heavy atom. The van der Waals surface area contributed by atoms with Crippen molar-refractivity contribution in [3.05, 3.63) is 90.8 Å². The Hall–Kier alpha value is -4.37. The fourth-order valence-corrected chi connectivity index (χ4v) is 3.05. The van der Waals surface area contributed by atoms with Crippen molar-refractivity contribution in [1.82, 2.24) is 15.2 Å². The van der Waals surface area contributed by atoms with Gasteiger partial charge in [-0.3, -0.25) is 4.98 Å². The lowest BCUT2D eigenvalue weighted by Gasteiger charge is -2.14. The van der Waals surface area contributed by atoms with E-state index in [0.717, 1.165) is 11.3 Å². The Bertz CT molecular complexity index is 1250. The molecule has 0 radical (unpaired) electrons. The van der Waals surface area contributed by atoms with E-state index in [0.29, 0.717) is 17.3 Å². The van der Waals surface area contributed by atoms with E-state index < -0.39 is 5.97 Å². The lowest BCUT2D eigenvalue weighted by molar-refractivity contribution is 0.0737. The van der Waals surface area contributed by atoms with Crippen LogP contribution < -0.4 is 21.1 Å². The van der Waals surface area contributed by atoms with Crippen LogP contribution >= 0.6 is 12.2 Å². The number of nitrogens with two attached hydrogens (primary N) is 1. The average Bonchev–Trinajstić information content (AvgIpc) is 2.81. The number of benzene rings is 2. The van der Waals surface area contributed by atoms with Gasteiger partial charge in [0.1, 0.15) is 0 Å². The number of nitrogens with zero attached hydrogens (tertiary/aromatic N) is 3. The van der Waals surface area contributed by atoms with E-state index in [9.17, 15) is 4.79 Å². The zero-order chi connectivity index (χ0) is 22.3. The molecule has 8 nitrogen and oxygen atoms in total. The maximum Gasteiger partial charge on any atom is 0.345 e. The summed E-state index contributed by atoms with van der Waals surface area (Å²) in [6.45, 7) is 0. The fraction of sp³-hybridized carbons (Fsp3) is 0. The first-order valence-corrected chi connectivity index (χ1v) is 9.99. The second-order valence-electron chi connectivity index (χ2n) is 6.60. The standard InChI is InChI=1S/C23H18N6O2S/c24-17-14-25-13-12-16(17)22(30)31-20-9-5-4-8-19(20)26-23(32)27-21-11-10-18(28-29-21)15-6-2-1-3-7-15/h1-14H,24H2,(H2,26,27,29,32). The monoisotopic (exact) mass is 442 g/mol. The summed E-state index contributed by atoms with van der Waals surface area (Å²) in [6.07, 6.45) is 2.87. The van der Waals surface area contributed by atoms with E-state index in [1.165, 1.54) is 18.5 Å². The molecule has 2 heterocycles. The topological polar surface area (TPSA) is 115 Å². The Morgan fingerprint density at radius 3 is 2.44 bits per heavy atom. The van der Waals surface area contributed by atoms with Crippen LogP contribution in [0.2, 0.25) is 0 Å². The number of para-hydroxylation sites is 2. The van der Waals surface area contributed by atoms with Crippen LogP contribution in [0.3, 0.4) is 0 Å². The molecule has 4 rings (SSSR count). The Kier molecular flexibility index (Phi) is 6.28. The number of hydrogen-bond acceptors (Lipinski definition) is 7. The molecular weight excluding hydrogens is 424 g/mol. The van der Waals surface area contributed by atoms with Crippen LogP contribution in [0.25, 0.3) is 11.3 Å². The number of nitrogens with one attached hydrogen (secondary N) is 2. The van der Waals surface area contributed by atoms with Gasteiger partial charge in [0.25, 0.3) is 0 Å². The van der Waals surface area contributed by atoms with Crippen molar-refractivity contribution in [3.63, 3.8) is 0 Å². The highest BCUT2D eigenvalue weighted by Gasteiger charge is 2.15. The van der Waals surface area contributed by atoms with Gasteiger partial charge in [0.15, 0.2) is 16.7 Å². The third kappa shape index (κ3) is 5.02. The number of carbonyl (C=O) groups is 1. The van der Waals surface area contributed by atoms with Crippen LogP contribution in [-0.2, 0) is 0 Å². The predicted octanol–water partition coefficient (Wildman–Crippen LogP) is 4.15. The van der Waals surface area contributed by atoms with Gasteiger partial charge in [-0.25, -0.2) is 4.79 Å². The zero-order valence-corrected chi connectivity index (χ0v) is 17.5. The van der Waals surface area contributed by atoms with Gasteiger partial charge in [0.05, 0.1) is 28.8 Å². The molecule has 0 saturated heterocycles. The van der Waals surface area contributed by atoms with Gasteiger partial charge < -0.3 is 21.1 Å². The molecule has 0 amide bonds. The molecule has 0 aliphatic carbocycles. The van der Waals surface area contributed by atoms with Crippen molar-refractivity contribution in [2.24, 2.45) is 0 Å². The van der Waals surface area contributed by atoms with E-state index >= 15 is 0 Å². The lowest BCUT2D eigenvalue weighted by atomic mass is 10.1. The van der Waals surface area contributed by atoms with Crippen LogP contribution in [-0.4, -0.2) is 26.3 Å². The molecule has 0 spiro atoms. The number of carbonyl (C=O) groups excluding carboxylic acids is 1. The van der Waals surface area contributed by atoms with E-state index in [4.69, 9.17) is 22.7 Å². The molecule has 0 aliphatic heterocycles. The molecule has 0 aliphatic rings. The van der Waals surface area contributed by atoms with Crippen molar-refractivity contribution in [2.75, 3.05) is 16.4 Å². The summed E-state index contributed by atoms with van der Waals surface area (Å²) in [7, 11) is 0. The second kappa shape index (κ2) is 9.63. The van der Waals surface area contributed by atoms with Gasteiger partial charge in [-0.1, -0.05) is 42.5 Å². The first kappa shape index (κ1) is 20.9. The van der Waals surface area contributed by atoms with Gasteiger partial charge in [-0.2, -0.15) is 0 Å². The molecule has 0 fully saturated rings. The molecule has 0 atom stereocenters. The van der Waals surface area contributed by atoms with Gasteiger partial charge in [0.2, 0.25) is 0 Å². The fourth-order valence-electron chi connectivity index (χ4n) is 2.84. The Labute approximate surface area is 189 Å². The largest absolute Gasteiger partial charge is 0.421 e. The number of esters is 1. The zero-order valence-electron chi connectivity index (χ0n) is 16.7. The highest BCUT2D eigenvalue weighted by atomic mass is 32.1. The summed E-state index contributed by atoms with van der Waals surface area (Å²) in [4.78, 5) is 16.4. The second-order valence-corrected chi connectivity index (χ2v) is 7.01. The summed E-state index contributed by atoms with van der Waals surface area (Å²) in [5.41, 5.74) is 8.49. The minimum Gasteiger partial charge on any atom is -0.421 e. The third-order valence-corrected chi connectivity index (χ3v) is 4.59. The number of ether oxygens (including phenoxy) is 1. The minimum atomic E-state index is -0.597. The van der Waals surface area contributed by atoms with Crippen molar-refractivity contribution in [2.45, 2.75) is 0 Å². The van der Waals surface area contributed by atoms with Gasteiger partial charge in [-0.05, 0) is 42.5 Å². The first-order chi connectivity index (χ1) is 15.6. The SMILES string of the molecule is Nc1cnccc1C(=O)Oc1ccccc1NC(=S)Nc1ccc(-c2ccccc2)nn1. The molecule has 4 aromatic rings. The van der Waals surface area contributed by atoms with Crippen LogP contribution in [0.15, 0.2) is 85.2 Å². The molecule has 158 valence electrons. The van der Waals surface area contributed by atoms with Gasteiger partial charge >= 0.3 is 5.97 Å². The highest BCUT2D eigenvalue weighted by Crippen LogP contribution is 2.26. The number of nitrogen functional groups attached to an aromatic ring is 1. The summed E-state index contributed by atoms with van der Waals surface area (Å²) >= 11 is 5.37. The molecule has 4 N–H and O–H groups in total. The van der Waals surface area contributed by atoms with Crippen molar-refractivity contribution in [1.29, 1.82) is 0 Å². The number of rotatable bonds is 5. The lowest BCUT2D eigenvalue weighted by Crippen LogP contribution is -2.21. The van der Waals surface area contributed by atoms with Crippen LogP contribution in [0, 0.1) is 0 Å². The molecule has 0 saturated carbocycles. The average molecular weight is 443 g/mol. The maximum absolute atomic E-state index is 12.5. The van der Waals surface area contributed by atoms with Gasteiger partial charge in [0, 0.05) is 11.8 Å². The maximum atomic E-state index is 12.5. The number of thiocarbonyl (C=S) groups is 1. The molecular formula is C23H18N6O2S. The van der Waals surface area contributed by atoms with Crippen molar-refractivity contribution < 1.29 is 9.53 Å². The summed E-state index contributed by atoms with van der Waals surface area (Å²) < 4.78 is 5.50. The summed E-state index contributed by atoms with van der Waals surface area (Å²) in [6, 6.07) is 21.8. The van der Waals surface area contributed by atoms with E-state index in [1.54, 1.807) is 30.3 Å². The number of pyridine rings is 1. The Balaban J connectivity index is 1.43. The summed E-state index contributed by atoms with van der Waals surface area (Å²) in [5, 5.41) is 14.6. The number of hydrogen-bond donors (Lipinski definition) is 3. The highest BCUT2D eigenvalue weighted by molar-refractivity contribution is 7.80. The minimum absolute atomic E-state index is 0.226. The van der Waals surface area contributed by atoms with Gasteiger partial charge in [-0.15, -0.1) is 10.2 Å². The van der Waals surface area contributed by atoms with Crippen LogP contribution in [0.4, 0.5) is 17.2 Å². The molecule has 32 heavy (non-hydrogen) atoms. The molecule has 9 heteroatoms. The van der Waals surface area contributed by atoms with Crippen LogP contribution in [0.5, 0.6) is 5.75 Å². The normalized spacial score (nSPS) is 10.2. The molecule has 0 bridgehead atoms. The molecule has 0 unspecified atom stereocenters. The van der Waals surface area contributed by atoms with E-state index in [-0.39, 0.29) is 16.4 Å². The van der Waals surface area contributed by atoms with E-state index in [2.05, 4.69) is 25.8 Å². The summed E-state index contributed by atoms with van der Waals surface area (Å²) in [5.74, 6) is 0.171. The third-order valence-electron chi connectivity index (χ3n) is 4.39. The molecule has 2 aromatic heterocycles.